The van der Waals surface area contributed by atoms with Crippen molar-refractivity contribution < 1.29 is 14.0 Å². The number of furan rings is 1. The lowest BCUT2D eigenvalue weighted by Gasteiger charge is -2.25. The van der Waals surface area contributed by atoms with Gasteiger partial charge in [0, 0.05) is 11.7 Å². The minimum absolute atomic E-state index is 0.0842. The summed E-state index contributed by atoms with van der Waals surface area (Å²) in [4.78, 5) is 24.9. The monoisotopic (exact) mass is 481 g/mol. The van der Waals surface area contributed by atoms with Gasteiger partial charge in [-0.2, -0.15) is 0 Å². The van der Waals surface area contributed by atoms with Crippen molar-refractivity contribution in [2.75, 3.05) is 17.6 Å². The van der Waals surface area contributed by atoms with Gasteiger partial charge in [-0.3, -0.25) is 14.2 Å². The maximum Gasteiger partial charge on any atom is 0.243 e. The van der Waals surface area contributed by atoms with E-state index in [0.717, 1.165) is 35.2 Å². The van der Waals surface area contributed by atoms with E-state index in [-0.39, 0.29) is 24.1 Å². The molecule has 0 atom stereocenters. The molecule has 180 valence electrons. The van der Waals surface area contributed by atoms with Crippen LogP contribution >= 0.6 is 11.8 Å². The summed E-state index contributed by atoms with van der Waals surface area (Å²) in [7, 11) is 0. The molecule has 34 heavy (non-hydrogen) atoms. The molecule has 2 aromatic heterocycles. The van der Waals surface area contributed by atoms with Crippen LogP contribution in [-0.2, 0) is 9.59 Å². The third-order valence-electron chi connectivity index (χ3n) is 6.07. The van der Waals surface area contributed by atoms with Crippen LogP contribution in [-0.4, -0.2) is 38.9 Å². The molecule has 2 heterocycles. The number of amides is 2. The van der Waals surface area contributed by atoms with Gasteiger partial charge in [0.05, 0.1) is 18.6 Å². The first-order valence-corrected chi connectivity index (χ1v) is 12.7. The summed E-state index contributed by atoms with van der Waals surface area (Å²) >= 11 is 1.33. The first kappa shape index (κ1) is 24.1. The third kappa shape index (κ3) is 5.70. The molecule has 9 heteroatoms. The van der Waals surface area contributed by atoms with E-state index in [1.807, 2.05) is 45.0 Å². The van der Waals surface area contributed by atoms with E-state index in [9.17, 15) is 9.59 Å². The van der Waals surface area contributed by atoms with Gasteiger partial charge in [0.15, 0.2) is 10.9 Å². The van der Waals surface area contributed by atoms with E-state index < -0.39 is 0 Å². The van der Waals surface area contributed by atoms with Gasteiger partial charge in [-0.25, -0.2) is 0 Å². The molecule has 0 radical (unpaired) electrons. The molecule has 0 bridgehead atoms. The number of benzene rings is 1. The smallest absolute Gasteiger partial charge is 0.243 e. The van der Waals surface area contributed by atoms with Crippen LogP contribution in [0.15, 0.2) is 40.1 Å². The number of carbonyl (C=O) groups is 2. The number of thioether (sulfide) groups is 1. The molecule has 0 unspecified atom stereocenters. The number of carbonyl (C=O) groups excluding carboxylic acids is 2. The summed E-state index contributed by atoms with van der Waals surface area (Å²) in [6.07, 6.45) is 7.32. The lowest BCUT2D eigenvalue weighted by molar-refractivity contribution is -0.122. The molecule has 1 aliphatic rings. The highest BCUT2D eigenvalue weighted by Gasteiger charge is 2.25. The molecule has 1 aliphatic carbocycles. The van der Waals surface area contributed by atoms with E-state index >= 15 is 0 Å². The second-order valence-electron chi connectivity index (χ2n) is 8.83. The molecule has 0 aliphatic heterocycles. The first-order valence-electron chi connectivity index (χ1n) is 11.7. The fraction of sp³-hybridized carbons (Fsp3) is 0.440. The van der Waals surface area contributed by atoms with Crippen LogP contribution in [0.25, 0.3) is 11.6 Å². The Labute approximate surface area is 203 Å². The van der Waals surface area contributed by atoms with Gasteiger partial charge < -0.3 is 15.1 Å². The molecular weight excluding hydrogens is 450 g/mol. The lowest BCUT2D eigenvalue weighted by atomic mass is 9.95. The van der Waals surface area contributed by atoms with Gasteiger partial charge in [0.1, 0.15) is 0 Å². The maximum atomic E-state index is 12.5. The Bertz CT molecular complexity index is 1130. The average molecular weight is 482 g/mol. The van der Waals surface area contributed by atoms with Crippen LogP contribution < -0.4 is 10.6 Å². The van der Waals surface area contributed by atoms with E-state index in [1.165, 1.54) is 31.0 Å². The van der Waals surface area contributed by atoms with Crippen molar-refractivity contribution in [3.05, 3.63) is 47.2 Å². The summed E-state index contributed by atoms with van der Waals surface area (Å²) in [5, 5.41) is 15.0. The van der Waals surface area contributed by atoms with Crippen LogP contribution in [0.2, 0.25) is 0 Å². The maximum absolute atomic E-state index is 12.5. The first-order chi connectivity index (χ1) is 16.4. The summed E-state index contributed by atoms with van der Waals surface area (Å²) in [6, 6.07) is 8.05. The number of nitrogens with zero attached hydrogens (tertiary/aromatic N) is 3. The van der Waals surface area contributed by atoms with E-state index in [2.05, 4.69) is 25.4 Å². The highest BCUT2D eigenvalue weighted by Crippen LogP contribution is 2.35. The van der Waals surface area contributed by atoms with Crippen molar-refractivity contribution in [3.63, 3.8) is 0 Å². The Morgan fingerprint density at radius 1 is 1.09 bits per heavy atom. The fourth-order valence-corrected chi connectivity index (χ4v) is 5.37. The number of aromatic nitrogens is 3. The molecule has 8 nitrogen and oxygen atoms in total. The predicted octanol–water partition coefficient (Wildman–Crippen LogP) is 4.82. The number of rotatable bonds is 8. The number of nitrogens with one attached hydrogen (secondary N) is 2. The number of hydrogen-bond acceptors (Lipinski definition) is 6. The molecule has 2 amide bonds. The van der Waals surface area contributed by atoms with Gasteiger partial charge >= 0.3 is 0 Å². The van der Waals surface area contributed by atoms with E-state index in [0.29, 0.717) is 22.8 Å². The fourth-order valence-electron chi connectivity index (χ4n) is 4.54. The number of hydrogen-bond donors (Lipinski definition) is 2. The van der Waals surface area contributed by atoms with Crippen LogP contribution in [0.5, 0.6) is 0 Å². The molecule has 2 N–H and O–H groups in total. The van der Waals surface area contributed by atoms with Crippen molar-refractivity contribution in [2.24, 2.45) is 0 Å². The molecular formula is C25H31N5O3S. The largest absolute Gasteiger partial charge is 0.461 e. The SMILES string of the molecule is Cc1cc(C)c(NC(=O)CNC(=O)CSc2nnc(-c3ccco3)n2C2CCCCC2)c(C)c1. The quantitative estimate of drug-likeness (QED) is 0.448. The molecule has 0 saturated heterocycles. The van der Waals surface area contributed by atoms with Gasteiger partial charge in [-0.05, 0) is 56.9 Å². The minimum Gasteiger partial charge on any atom is -0.461 e. The zero-order chi connectivity index (χ0) is 24.1. The van der Waals surface area contributed by atoms with E-state index in [4.69, 9.17) is 4.42 Å². The normalized spacial score (nSPS) is 14.2. The van der Waals surface area contributed by atoms with Crippen molar-refractivity contribution in [2.45, 2.75) is 64.1 Å². The lowest BCUT2D eigenvalue weighted by Crippen LogP contribution is -2.34. The van der Waals surface area contributed by atoms with Gasteiger partial charge in [-0.15, -0.1) is 10.2 Å². The Morgan fingerprint density at radius 2 is 1.82 bits per heavy atom. The van der Waals surface area contributed by atoms with Crippen molar-refractivity contribution in [1.29, 1.82) is 0 Å². The highest BCUT2D eigenvalue weighted by atomic mass is 32.2. The number of anilines is 1. The Kier molecular flexibility index (Phi) is 7.72. The molecule has 1 aromatic carbocycles. The van der Waals surface area contributed by atoms with Gasteiger partial charge in [0.2, 0.25) is 17.6 Å². The Balaban J connectivity index is 1.35. The van der Waals surface area contributed by atoms with Crippen molar-refractivity contribution >= 4 is 29.3 Å². The highest BCUT2D eigenvalue weighted by molar-refractivity contribution is 7.99. The Hall–Kier alpha value is -3.07. The predicted molar refractivity (Wildman–Crippen MR) is 133 cm³/mol. The zero-order valence-corrected chi connectivity index (χ0v) is 20.7. The molecule has 1 saturated carbocycles. The summed E-state index contributed by atoms with van der Waals surface area (Å²) in [5.41, 5.74) is 3.95. The summed E-state index contributed by atoms with van der Waals surface area (Å²) in [6.45, 7) is 5.86. The van der Waals surface area contributed by atoms with E-state index in [1.54, 1.807) is 6.26 Å². The Morgan fingerprint density at radius 3 is 2.50 bits per heavy atom. The standard InChI is InChI=1S/C25H31N5O3S/c1-16-12-17(2)23(18(3)13-16)27-21(31)14-26-22(32)15-34-25-29-28-24(20-10-7-11-33-20)30(25)19-8-5-4-6-9-19/h7,10-13,19H,4-6,8-9,14-15H2,1-3H3,(H,26,32)(H,27,31). The van der Waals surface area contributed by atoms with Gasteiger partial charge in [-0.1, -0.05) is 48.7 Å². The zero-order valence-electron chi connectivity index (χ0n) is 19.9. The van der Waals surface area contributed by atoms with Crippen molar-refractivity contribution in [1.82, 2.24) is 20.1 Å². The average Bonchev–Trinajstić information content (AvgIpc) is 3.49. The molecule has 0 spiro atoms. The van der Waals surface area contributed by atoms with Crippen molar-refractivity contribution in [3.8, 4) is 11.6 Å². The minimum atomic E-state index is -0.251. The summed E-state index contributed by atoms with van der Waals surface area (Å²) < 4.78 is 7.69. The van der Waals surface area contributed by atoms with Crippen LogP contribution in [0.1, 0.15) is 54.8 Å². The molecule has 3 aromatic rings. The third-order valence-corrected chi connectivity index (χ3v) is 7.01. The van der Waals surface area contributed by atoms with Crippen LogP contribution in [0.3, 0.4) is 0 Å². The van der Waals surface area contributed by atoms with Crippen LogP contribution in [0, 0.1) is 20.8 Å². The summed E-state index contributed by atoms with van der Waals surface area (Å²) in [5.74, 6) is 1.05. The topological polar surface area (TPSA) is 102 Å². The second kappa shape index (κ2) is 10.9. The second-order valence-corrected chi connectivity index (χ2v) is 9.78. The molecule has 1 fully saturated rings. The van der Waals surface area contributed by atoms with Crippen LogP contribution in [0.4, 0.5) is 5.69 Å². The molecule has 4 rings (SSSR count). The van der Waals surface area contributed by atoms with Gasteiger partial charge in [0.25, 0.3) is 0 Å². The number of aryl methyl sites for hydroxylation is 3.